The number of halogens is 1. The summed E-state index contributed by atoms with van der Waals surface area (Å²) in [5.74, 6) is 0.273. The van der Waals surface area contributed by atoms with Crippen molar-refractivity contribution >= 4 is 51.9 Å². The van der Waals surface area contributed by atoms with E-state index in [1.807, 2.05) is 43.3 Å². The number of benzene rings is 2. The normalized spacial score (nSPS) is 23.1. The van der Waals surface area contributed by atoms with Gasteiger partial charge in [-0.3, -0.25) is 4.79 Å². The van der Waals surface area contributed by atoms with Gasteiger partial charge in [0.05, 0.1) is 10.6 Å². The van der Waals surface area contributed by atoms with E-state index in [1.165, 1.54) is 22.9 Å². The quantitative estimate of drug-likeness (QED) is 0.561. The van der Waals surface area contributed by atoms with Gasteiger partial charge in [0.2, 0.25) is 0 Å². The SMILES string of the molecule is Cc1ccc(N=C2NC(=O)/C(=C/c3cc4c(cc3Cl)N(C)C(C)(C)CC4C)S2)cc1. The molecule has 156 valence electrons. The molecule has 0 spiro atoms. The molecule has 1 amide bonds. The van der Waals surface area contributed by atoms with Crippen molar-refractivity contribution in [3.63, 3.8) is 0 Å². The maximum atomic E-state index is 12.5. The van der Waals surface area contributed by atoms with Gasteiger partial charge >= 0.3 is 0 Å². The number of aryl methyl sites for hydroxylation is 1. The number of aliphatic imine (C=N–C) groups is 1. The van der Waals surface area contributed by atoms with Crippen LogP contribution >= 0.6 is 23.4 Å². The van der Waals surface area contributed by atoms with Crippen LogP contribution in [-0.4, -0.2) is 23.7 Å². The van der Waals surface area contributed by atoms with Crippen molar-refractivity contribution in [3.05, 3.63) is 63.0 Å². The number of nitrogens with zero attached hydrogens (tertiary/aromatic N) is 2. The van der Waals surface area contributed by atoms with Crippen LogP contribution in [0.25, 0.3) is 6.08 Å². The van der Waals surface area contributed by atoms with Crippen LogP contribution in [0.4, 0.5) is 11.4 Å². The van der Waals surface area contributed by atoms with Gasteiger partial charge in [0.15, 0.2) is 5.17 Å². The van der Waals surface area contributed by atoms with E-state index in [0.717, 1.165) is 23.4 Å². The first kappa shape index (κ1) is 21.0. The molecule has 2 aliphatic rings. The fourth-order valence-electron chi connectivity index (χ4n) is 4.07. The second-order valence-corrected chi connectivity index (χ2v) is 10.2. The smallest absolute Gasteiger partial charge is 0.264 e. The van der Waals surface area contributed by atoms with Crippen molar-refractivity contribution < 1.29 is 4.79 Å². The first-order valence-electron chi connectivity index (χ1n) is 10.1. The maximum Gasteiger partial charge on any atom is 0.264 e. The minimum atomic E-state index is -0.147. The molecule has 2 heterocycles. The molecule has 2 aromatic carbocycles. The molecule has 2 aliphatic heterocycles. The van der Waals surface area contributed by atoms with Gasteiger partial charge < -0.3 is 10.2 Å². The molecular weight excluding hydrogens is 414 g/mol. The van der Waals surface area contributed by atoms with Gasteiger partial charge in [0.1, 0.15) is 0 Å². The molecule has 1 fully saturated rings. The van der Waals surface area contributed by atoms with E-state index in [-0.39, 0.29) is 11.4 Å². The van der Waals surface area contributed by atoms with Gasteiger partial charge in [-0.25, -0.2) is 4.99 Å². The van der Waals surface area contributed by atoms with Crippen molar-refractivity contribution in [2.24, 2.45) is 4.99 Å². The minimum absolute atomic E-state index is 0.0816. The lowest BCUT2D eigenvalue weighted by Crippen LogP contribution is -2.45. The molecule has 1 unspecified atom stereocenters. The molecule has 4 nitrogen and oxygen atoms in total. The van der Waals surface area contributed by atoms with Crippen LogP contribution in [0.15, 0.2) is 46.3 Å². The Labute approximate surface area is 187 Å². The highest BCUT2D eigenvalue weighted by Gasteiger charge is 2.34. The summed E-state index contributed by atoms with van der Waals surface area (Å²) >= 11 is 7.97. The van der Waals surface area contributed by atoms with Crippen molar-refractivity contribution in [1.29, 1.82) is 0 Å². The van der Waals surface area contributed by atoms with Crippen LogP contribution in [0.3, 0.4) is 0 Å². The Balaban J connectivity index is 1.64. The average molecular weight is 440 g/mol. The second-order valence-electron chi connectivity index (χ2n) is 8.73. The number of nitrogens with one attached hydrogen (secondary N) is 1. The summed E-state index contributed by atoms with van der Waals surface area (Å²) < 4.78 is 0. The standard InChI is InChI=1S/C24H26ClN3OS/c1-14-6-8-17(9-7-14)26-23-27-22(29)21(30-23)11-16-10-18-15(2)13-24(3,4)28(5)20(18)12-19(16)25/h6-12,15H,13H2,1-5H3,(H,26,27,29)/b21-11-. The van der Waals surface area contributed by atoms with Crippen LogP contribution in [0, 0.1) is 6.92 Å². The summed E-state index contributed by atoms with van der Waals surface area (Å²) in [6.07, 6.45) is 2.93. The summed E-state index contributed by atoms with van der Waals surface area (Å²) in [5, 5.41) is 4.08. The van der Waals surface area contributed by atoms with Crippen molar-refractivity contribution in [2.45, 2.75) is 45.6 Å². The molecule has 1 atom stereocenters. The highest BCUT2D eigenvalue weighted by Crippen LogP contribution is 2.45. The number of amidine groups is 1. The van der Waals surface area contributed by atoms with E-state index in [4.69, 9.17) is 11.6 Å². The van der Waals surface area contributed by atoms with Gasteiger partial charge in [0, 0.05) is 23.3 Å². The molecule has 0 radical (unpaired) electrons. The number of anilines is 1. The number of rotatable bonds is 2. The molecule has 0 saturated carbocycles. The molecule has 0 aromatic heterocycles. The fourth-order valence-corrected chi connectivity index (χ4v) is 5.12. The highest BCUT2D eigenvalue weighted by atomic mass is 35.5. The summed E-state index contributed by atoms with van der Waals surface area (Å²) in [5.41, 5.74) is 5.37. The Kier molecular flexibility index (Phi) is 5.45. The maximum absolute atomic E-state index is 12.5. The average Bonchev–Trinajstić information content (AvgIpc) is 3.01. The fraction of sp³-hybridized carbons (Fsp3) is 0.333. The topological polar surface area (TPSA) is 44.7 Å². The third kappa shape index (κ3) is 4.01. The summed E-state index contributed by atoms with van der Waals surface area (Å²) in [4.78, 5) is 19.9. The van der Waals surface area contributed by atoms with Gasteiger partial charge in [-0.05, 0) is 86.3 Å². The van der Waals surface area contributed by atoms with E-state index in [2.05, 4.69) is 49.1 Å². The predicted octanol–water partition coefficient (Wildman–Crippen LogP) is 6.26. The van der Waals surface area contributed by atoms with E-state index in [1.54, 1.807) is 0 Å². The summed E-state index contributed by atoms with van der Waals surface area (Å²) in [7, 11) is 2.12. The lowest BCUT2D eigenvalue weighted by molar-refractivity contribution is -0.115. The van der Waals surface area contributed by atoms with Crippen LogP contribution in [0.1, 0.15) is 49.8 Å². The number of hydrogen-bond acceptors (Lipinski definition) is 4. The Hall–Kier alpha value is -2.24. The number of carbonyl (C=O) groups excluding carboxylic acids is 1. The highest BCUT2D eigenvalue weighted by molar-refractivity contribution is 8.18. The zero-order chi connectivity index (χ0) is 21.6. The van der Waals surface area contributed by atoms with Crippen LogP contribution in [0.2, 0.25) is 5.02 Å². The van der Waals surface area contributed by atoms with Crippen LogP contribution in [-0.2, 0) is 4.79 Å². The van der Waals surface area contributed by atoms with E-state index < -0.39 is 0 Å². The number of carbonyl (C=O) groups is 1. The Morgan fingerprint density at radius 3 is 2.67 bits per heavy atom. The molecule has 1 N–H and O–H groups in total. The zero-order valence-electron chi connectivity index (χ0n) is 17.9. The third-order valence-corrected chi connectivity index (χ3v) is 7.19. The van der Waals surface area contributed by atoms with Crippen LogP contribution in [0.5, 0.6) is 0 Å². The number of amides is 1. The first-order chi connectivity index (χ1) is 14.1. The number of fused-ring (bicyclic) bond motifs is 1. The lowest BCUT2D eigenvalue weighted by atomic mass is 9.80. The van der Waals surface area contributed by atoms with Crippen molar-refractivity contribution in [2.75, 3.05) is 11.9 Å². The van der Waals surface area contributed by atoms with E-state index in [0.29, 0.717) is 21.0 Å². The first-order valence-corrected chi connectivity index (χ1v) is 11.3. The zero-order valence-corrected chi connectivity index (χ0v) is 19.5. The van der Waals surface area contributed by atoms with E-state index in [9.17, 15) is 4.79 Å². The third-order valence-electron chi connectivity index (χ3n) is 5.95. The van der Waals surface area contributed by atoms with Crippen LogP contribution < -0.4 is 10.2 Å². The van der Waals surface area contributed by atoms with Gasteiger partial charge in [-0.15, -0.1) is 0 Å². The molecule has 0 aliphatic carbocycles. The lowest BCUT2D eigenvalue weighted by Gasteiger charge is -2.45. The molecule has 6 heteroatoms. The van der Waals surface area contributed by atoms with Gasteiger partial charge in [-0.2, -0.15) is 0 Å². The Morgan fingerprint density at radius 1 is 1.27 bits per heavy atom. The second kappa shape index (κ2) is 7.78. The number of thioether (sulfide) groups is 1. The monoisotopic (exact) mass is 439 g/mol. The molecular formula is C24H26ClN3OS. The molecule has 1 saturated heterocycles. The van der Waals surface area contributed by atoms with E-state index >= 15 is 0 Å². The molecule has 2 aromatic rings. The van der Waals surface area contributed by atoms with Gasteiger partial charge in [0.25, 0.3) is 5.91 Å². The molecule has 0 bridgehead atoms. The Bertz CT molecular complexity index is 1070. The molecule has 4 rings (SSSR count). The van der Waals surface area contributed by atoms with Crippen molar-refractivity contribution in [3.8, 4) is 0 Å². The number of hydrogen-bond donors (Lipinski definition) is 1. The summed E-state index contributed by atoms with van der Waals surface area (Å²) in [6, 6.07) is 12.0. The minimum Gasteiger partial charge on any atom is -0.369 e. The van der Waals surface area contributed by atoms with Gasteiger partial charge in [-0.1, -0.05) is 36.2 Å². The largest absolute Gasteiger partial charge is 0.369 e. The summed E-state index contributed by atoms with van der Waals surface area (Å²) in [6.45, 7) is 8.79. The molecule has 30 heavy (non-hydrogen) atoms. The predicted molar refractivity (Wildman–Crippen MR) is 129 cm³/mol. The Morgan fingerprint density at radius 2 is 1.97 bits per heavy atom. The van der Waals surface area contributed by atoms with Crippen molar-refractivity contribution in [1.82, 2.24) is 5.32 Å².